The normalized spacial score (nSPS) is 12.4. The largest absolute Gasteiger partial charge is 0.342 e. The van der Waals surface area contributed by atoms with E-state index in [1.54, 1.807) is 18.0 Å². The number of carbonyl (C=O) groups excluding carboxylic acids is 1. The summed E-state index contributed by atoms with van der Waals surface area (Å²) in [5, 5.41) is 0.882. The van der Waals surface area contributed by atoms with Gasteiger partial charge >= 0.3 is 0 Å². The van der Waals surface area contributed by atoms with E-state index in [9.17, 15) is 9.59 Å². The van der Waals surface area contributed by atoms with Crippen molar-refractivity contribution in [3.8, 4) is 0 Å². The van der Waals surface area contributed by atoms with Crippen molar-refractivity contribution in [3.05, 3.63) is 34.6 Å². The van der Waals surface area contributed by atoms with Crippen molar-refractivity contribution in [1.29, 1.82) is 0 Å². The Labute approximate surface area is 134 Å². The molecule has 0 saturated heterocycles. The minimum Gasteiger partial charge on any atom is -0.342 e. The summed E-state index contributed by atoms with van der Waals surface area (Å²) in [7, 11) is 1.69. The Morgan fingerprint density at radius 3 is 2.59 bits per heavy atom. The van der Waals surface area contributed by atoms with Crippen molar-refractivity contribution in [1.82, 2.24) is 14.5 Å². The Bertz CT molecular complexity index is 738. The number of amides is 1. The van der Waals surface area contributed by atoms with E-state index in [0.717, 1.165) is 0 Å². The van der Waals surface area contributed by atoms with E-state index in [0.29, 0.717) is 29.1 Å². The van der Waals surface area contributed by atoms with Crippen LogP contribution in [0.3, 0.4) is 0 Å². The molecule has 1 aromatic carbocycles. The van der Waals surface area contributed by atoms with Gasteiger partial charge in [-0.2, -0.15) is 0 Å². The third-order valence-electron chi connectivity index (χ3n) is 3.65. The van der Waals surface area contributed by atoms with Gasteiger partial charge in [-0.25, -0.2) is 4.98 Å². The standard InChI is InChI=1S/C16H21N3O2S/c1-5-19(6-2)14(20)11(3)22-16-17-13-10-8-7-9-12(13)15(21)18(16)4/h7-11H,5-6H2,1-4H3. The van der Waals surface area contributed by atoms with E-state index in [-0.39, 0.29) is 16.7 Å². The molecule has 1 heterocycles. The zero-order chi connectivity index (χ0) is 16.3. The molecule has 5 nitrogen and oxygen atoms in total. The lowest BCUT2D eigenvalue weighted by Gasteiger charge is -2.22. The van der Waals surface area contributed by atoms with Crippen LogP contribution in [0.1, 0.15) is 20.8 Å². The van der Waals surface area contributed by atoms with Crippen molar-refractivity contribution in [2.45, 2.75) is 31.2 Å². The second-order valence-electron chi connectivity index (χ2n) is 5.05. The van der Waals surface area contributed by atoms with Crippen LogP contribution in [0.5, 0.6) is 0 Å². The molecule has 22 heavy (non-hydrogen) atoms. The fourth-order valence-electron chi connectivity index (χ4n) is 2.30. The highest BCUT2D eigenvalue weighted by Crippen LogP contribution is 2.23. The topological polar surface area (TPSA) is 55.2 Å². The first-order valence-corrected chi connectivity index (χ1v) is 8.28. The second kappa shape index (κ2) is 6.96. The highest BCUT2D eigenvalue weighted by molar-refractivity contribution is 8.00. The van der Waals surface area contributed by atoms with Gasteiger partial charge in [0.1, 0.15) is 0 Å². The average molecular weight is 319 g/mol. The van der Waals surface area contributed by atoms with Crippen LogP contribution in [-0.4, -0.2) is 38.7 Å². The lowest BCUT2D eigenvalue weighted by molar-refractivity contribution is -0.129. The first-order valence-electron chi connectivity index (χ1n) is 7.40. The molecule has 0 saturated carbocycles. The quantitative estimate of drug-likeness (QED) is 0.627. The van der Waals surface area contributed by atoms with E-state index >= 15 is 0 Å². The Morgan fingerprint density at radius 2 is 1.95 bits per heavy atom. The molecule has 1 aromatic heterocycles. The number of carbonyl (C=O) groups is 1. The van der Waals surface area contributed by atoms with Crippen molar-refractivity contribution in [2.75, 3.05) is 13.1 Å². The smallest absolute Gasteiger partial charge is 0.261 e. The SMILES string of the molecule is CCN(CC)C(=O)C(C)Sc1nc2ccccc2c(=O)n1C. The third kappa shape index (κ3) is 3.16. The van der Waals surface area contributed by atoms with Crippen LogP contribution in [0.15, 0.2) is 34.2 Å². The summed E-state index contributed by atoms with van der Waals surface area (Å²) < 4.78 is 1.51. The molecule has 0 radical (unpaired) electrons. The maximum absolute atomic E-state index is 12.4. The predicted molar refractivity (Wildman–Crippen MR) is 90.2 cm³/mol. The van der Waals surface area contributed by atoms with Gasteiger partial charge in [0.15, 0.2) is 5.16 Å². The molecule has 1 amide bonds. The van der Waals surface area contributed by atoms with Gasteiger partial charge in [-0.05, 0) is 32.9 Å². The molecule has 0 aliphatic carbocycles. The highest BCUT2D eigenvalue weighted by atomic mass is 32.2. The number of hydrogen-bond acceptors (Lipinski definition) is 4. The van der Waals surface area contributed by atoms with Gasteiger partial charge in [-0.3, -0.25) is 14.2 Å². The molecular weight excluding hydrogens is 298 g/mol. The zero-order valence-corrected chi connectivity index (χ0v) is 14.2. The van der Waals surface area contributed by atoms with E-state index in [1.807, 2.05) is 39.0 Å². The van der Waals surface area contributed by atoms with Crippen LogP contribution >= 0.6 is 11.8 Å². The highest BCUT2D eigenvalue weighted by Gasteiger charge is 2.21. The summed E-state index contributed by atoms with van der Waals surface area (Å²) in [6.45, 7) is 7.15. The third-order valence-corrected chi connectivity index (χ3v) is 4.78. The van der Waals surface area contributed by atoms with Gasteiger partial charge in [0.25, 0.3) is 5.56 Å². The lowest BCUT2D eigenvalue weighted by Crippen LogP contribution is -2.36. The van der Waals surface area contributed by atoms with E-state index in [2.05, 4.69) is 4.98 Å². The number of thioether (sulfide) groups is 1. The minimum absolute atomic E-state index is 0.0670. The summed E-state index contributed by atoms with van der Waals surface area (Å²) in [5.41, 5.74) is 0.575. The molecule has 1 atom stereocenters. The van der Waals surface area contributed by atoms with Crippen LogP contribution in [0.25, 0.3) is 10.9 Å². The van der Waals surface area contributed by atoms with Crippen molar-refractivity contribution in [2.24, 2.45) is 7.05 Å². The maximum atomic E-state index is 12.4. The molecule has 0 aliphatic rings. The fraction of sp³-hybridized carbons (Fsp3) is 0.438. The van der Waals surface area contributed by atoms with Gasteiger partial charge in [0.2, 0.25) is 5.91 Å². The number of para-hydroxylation sites is 1. The summed E-state index contributed by atoms with van der Waals surface area (Å²) in [6.07, 6.45) is 0. The fourth-order valence-corrected chi connectivity index (χ4v) is 3.26. The van der Waals surface area contributed by atoms with Crippen molar-refractivity contribution in [3.63, 3.8) is 0 Å². The Hall–Kier alpha value is -1.82. The molecular formula is C16H21N3O2S. The molecule has 0 spiro atoms. The molecule has 0 bridgehead atoms. The molecule has 118 valence electrons. The monoisotopic (exact) mass is 319 g/mol. The number of fused-ring (bicyclic) bond motifs is 1. The number of hydrogen-bond donors (Lipinski definition) is 0. The lowest BCUT2D eigenvalue weighted by atomic mass is 10.2. The van der Waals surface area contributed by atoms with Gasteiger partial charge in [0.05, 0.1) is 16.2 Å². The summed E-state index contributed by atoms with van der Waals surface area (Å²) in [6, 6.07) is 7.26. The molecule has 2 rings (SSSR count). The Morgan fingerprint density at radius 1 is 1.32 bits per heavy atom. The Kier molecular flexibility index (Phi) is 5.24. The molecule has 2 aromatic rings. The summed E-state index contributed by atoms with van der Waals surface area (Å²) in [4.78, 5) is 31.0. The van der Waals surface area contributed by atoms with Crippen LogP contribution in [-0.2, 0) is 11.8 Å². The van der Waals surface area contributed by atoms with E-state index in [4.69, 9.17) is 0 Å². The van der Waals surface area contributed by atoms with Crippen molar-refractivity contribution >= 4 is 28.6 Å². The van der Waals surface area contributed by atoms with Crippen LogP contribution < -0.4 is 5.56 Å². The van der Waals surface area contributed by atoms with Gasteiger partial charge in [-0.15, -0.1) is 0 Å². The maximum Gasteiger partial charge on any atom is 0.261 e. The molecule has 0 N–H and O–H groups in total. The van der Waals surface area contributed by atoms with Crippen LogP contribution in [0.2, 0.25) is 0 Å². The summed E-state index contributed by atoms with van der Waals surface area (Å²) in [5.74, 6) is 0.0670. The second-order valence-corrected chi connectivity index (χ2v) is 6.35. The van der Waals surface area contributed by atoms with Crippen molar-refractivity contribution < 1.29 is 4.79 Å². The predicted octanol–water partition coefficient (Wildman–Crippen LogP) is 2.28. The van der Waals surface area contributed by atoms with Crippen LogP contribution in [0.4, 0.5) is 0 Å². The van der Waals surface area contributed by atoms with Crippen LogP contribution in [0, 0.1) is 0 Å². The molecule has 1 unspecified atom stereocenters. The molecule has 6 heteroatoms. The Balaban J connectivity index is 2.34. The molecule has 0 fully saturated rings. The van der Waals surface area contributed by atoms with E-state index in [1.165, 1.54) is 16.3 Å². The minimum atomic E-state index is -0.279. The number of aromatic nitrogens is 2. The average Bonchev–Trinajstić information content (AvgIpc) is 2.53. The van der Waals surface area contributed by atoms with Gasteiger partial charge < -0.3 is 4.90 Å². The van der Waals surface area contributed by atoms with Gasteiger partial charge in [-0.1, -0.05) is 23.9 Å². The first-order chi connectivity index (χ1) is 10.5. The number of nitrogens with zero attached hydrogens (tertiary/aromatic N) is 3. The summed E-state index contributed by atoms with van der Waals surface area (Å²) >= 11 is 1.33. The zero-order valence-electron chi connectivity index (χ0n) is 13.4. The van der Waals surface area contributed by atoms with Gasteiger partial charge in [0, 0.05) is 20.1 Å². The molecule has 0 aliphatic heterocycles. The number of rotatable bonds is 5. The number of benzene rings is 1. The van der Waals surface area contributed by atoms with E-state index < -0.39 is 0 Å². The first kappa shape index (κ1) is 16.5.